The Hall–Kier alpha value is -3.72. The standard InChI is InChI=1S/C22H24N4O5/c1-3-30-18-9-7-15(8-10-18)22-25-21(31-26-22)12-11-19(27)23-16-5-4-6-17(13-16)24-20(28)14-29-2/h4-10,13H,3,11-12,14H2,1-2H3,(H,23,27)(H,24,28). The topological polar surface area (TPSA) is 116 Å². The van der Waals surface area contributed by atoms with Crippen LogP contribution in [0.15, 0.2) is 53.1 Å². The van der Waals surface area contributed by atoms with E-state index in [1.165, 1.54) is 7.11 Å². The first kappa shape index (κ1) is 22.0. The molecule has 0 radical (unpaired) electrons. The van der Waals surface area contributed by atoms with Gasteiger partial charge >= 0.3 is 0 Å². The third-order valence-corrected chi connectivity index (χ3v) is 4.16. The summed E-state index contributed by atoms with van der Waals surface area (Å²) in [5.41, 5.74) is 1.94. The Morgan fingerprint density at radius 1 is 1.03 bits per heavy atom. The molecule has 0 bridgehead atoms. The van der Waals surface area contributed by atoms with Gasteiger partial charge in [0.1, 0.15) is 12.4 Å². The van der Waals surface area contributed by atoms with Crippen molar-refractivity contribution in [1.82, 2.24) is 10.1 Å². The smallest absolute Gasteiger partial charge is 0.250 e. The average Bonchev–Trinajstić information content (AvgIpc) is 3.23. The maximum atomic E-state index is 12.3. The first-order chi connectivity index (χ1) is 15.1. The highest BCUT2D eigenvalue weighted by molar-refractivity contribution is 5.94. The Bertz CT molecular complexity index is 1020. The van der Waals surface area contributed by atoms with Gasteiger partial charge in [0.05, 0.1) is 6.61 Å². The van der Waals surface area contributed by atoms with Gasteiger partial charge in [0.25, 0.3) is 0 Å². The van der Waals surface area contributed by atoms with Crippen LogP contribution in [0.1, 0.15) is 19.2 Å². The zero-order valence-electron chi connectivity index (χ0n) is 17.4. The van der Waals surface area contributed by atoms with Crippen LogP contribution < -0.4 is 15.4 Å². The number of hydrogen-bond donors (Lipinski definition) is 2. The summed E-state index contributed by atoms with van der Waals surface area (Å²) in [5.74, 6) is 1.12. The summed E-state index contributed by atoms with van der Waals surface area (Å²) in [6.07, 6.45) is 0.477. The summed E-state index contributed by atoms with van der Waals surface area (Å²) in [7, 11) is 1.45. The van der Waals surface area contributed by atoms with Gasteiger partial charge < -0.3 is 24.6 Å². The molecule has 1 heterocycles. The van der Waals surface area contributed by atoms with Crippen molar-refractivity contribution in [1.29, 1.82) is 0 Å². The molecular weight excluding hydrogens is 400 g/mol. The third-order valence-electron chi connectivity index (χ3n) is 4.16. The molecule has 1 aromatic heterocycles. The van der Waals surface area contributed by atoms with Gasteiger partial charge in [0.2, 0.25) is 23.5 Å². The molecule has 0 aliphatic heterocycles. The van der Waals surface area contributed by atoms with Gasteiger partial charge in [-0.2, -0.15) is 4.98 Å². The van der Waals surface area contributed by atoms with Crippen molar-refractivity contribution in [2.24, 2.45) is 0 Å². The predicted molar refractivity (Wildman–Crippen MR) is 115 cm³/mol. The van der Waals surface area contributed by atoms with Gasteiger partial charge in [-0.3, -0.25) is 9.59 Å². The second-order valence-corrected chi connectivity index (χ2v) is 6.58. The zero-order valence-corrected chi connectivity index (χ0v) is 17.4. The van der Waals surface area contributed by atoms with Gasteiger partial charge in [-0.05, 0) is 49.4 Å². The Kier molecular flexibility index (Phi) is 7.72. The van der Waals surface area contributed by atoms with E-state index in [9.17, 15) is 9.59 Å². The van der Waals surface area contributed by atoms with Crippen LogP contribution in [0.3, 0.4) is 0 Å². The van der Waals surface area contributed by atoms with Crippen LogP contribution in [0.25, 0.3) is 11.4 Å². The number of hydrogen-bond acceptors (Lipinski definition) is 7. The predicted octanol–water partition coefficient (Wildman–Crippen LogP) is 3.29. The van der Waals surface area contributed by atoms with Crippen LogP contribution in [-0.2, 0) is 20.7 Å². The number of benzene rings is 2. The van der Waals surface area contributed by atoms with Gasteiger partial charge in [-0.25, -0.2) is 0 Å². The third kappa shape index (κ3) is 6.65. The molecule has 0 saturated carbocycles. The second-order valence-electron chi connectivity index (χ2n) is 6.58. The number of rotatable bonds is 10. The molecule has 2 N–H and O–H groups in total. The number of carbonyl (C=O) groups excluding carboxylic acids is 2. The molecule has 2 amide bonds. The molecule has 3 aromatic rings. The lowest BCUT2D eigenvalue weighted by molar-refractivity contribution is -0.119. The molecule has 3 rings (SSSR count). The summed E-state index contributed by atoms with van der Waals surface area (Å²) in [5, 5.41) is 9.45. The molecular formula is C22H24N4O5. The number of methoxy groups -OCH3 is 1. The SMILES string of the molecule is CCOc1ccc(-c2noc(CCC(=O)Nc3cccc(NC(=O)COC)c3)n2)cc1. The number of nitrogens with zero attached hydrogens (tertiary/aromatic N) is 2. The molecule has 9 nitrogen and oxygen atoms in total. The van der Waals surface area contributed by atoms with Gasteiger partial charge in [-0.1, -0.05) is 11.2 Å². The van der Waals surface area contributed by atoms with E-state index in [0.29, 0.717) is 36.1 Å². The number of ether oxygens (including phenoxy) is 2. The lowest BCUT2D eigenvalue weighted by Gasteiger charge is -2.08. The van der Waals surface area contributed by atoms with Gasteiger partial charge in [-0.15, -0.1) is 0 Å². The maximum Gasteiger partial charge on any atom is 0.250 e. The van der Waals surface area contributed by atoms with E-state index < -0.39 is 0 Å². The lowest BCUT2D eigenvalue weighted by Crippen LogP contribution is -2.17. The lowest BCUT2D eigenvalue weighted by atomic mass is 10.2. The van der Waals surface area contributed by atoms with E-state index >= 15 is 0 Å². The molecule has 162 valence electrons. The van der Waals surface area contributed by atoms with Crippen molar-refractivity contribution in [3.8, 4) is 17.1 Å². The van der Waals surface area contributed by atoms with Gasteiger partial charge in [0, 0.05) is 36.9 Å². The molecule has 0 aliphatic carbocycles. The normalized spacial score (nSPS) is 10.5. The largest absolute Gasteiger partial charge is 0.494 e. The minimum absolute atomic E-state index is 0.0422. The summed E-state index contributed by atoms with van der Waals surface area (Å²) < 4.78 is 15.5. The van der Waals surface area contributed by atoms with Gasteiger partial charge in [0.15, 0.2) is 0 Å². The first-order valence-corrected chi connectivity index (χ1v) is 9.82. The molecule has 0 aliphatic rings. The molecule has 0 unspecified atom stereocenters. The van der Waals surface area contributed by atoms with Crippen molar-refractivity contribution in [3.63, 3.8) is 0 Å². The maximum absolute atomic E-state index is 12.3. The highest BCUT2D eigenvalue weighted by atomic mass is 16.5. The molecule has 0 spiro atoms. The number of aromatic nitrogens is 2. The fourth-order valence-corrected chi connectivity index (χ4v) is 2.79. The van der Waals surface area contributed by atoms with Crippen LogP contribution in [0.5, 0.6) is 5.75 Å². The number of carbonyl (C=O) groups is 2. The fraction of sp³-hybridized carbons (Fsp3) is 0.273. The van der Waals surface area contributed by atoms with Crippen LogP contribution in [0.2, 0.25) is 0 Å². The van der Waals surface area contributed by atoms with E-state index in [4.69, 9.17) is 14.0 Å². The van der Waals surface area contributed by atoms with Crippen molar-refractivity contribution in [2.45, 2.75) is 19.8 Å². The second kappa shape index (κ2) is 10.9. The van der Waals surface area contributed by atoms with Crippen LogP contribution in [0.4, 0.5) is 11.4 Å². The Labute approximate surface area is 179 Å². The highest BCUT2D eigenvalue weighted by Crippen LogP contribution is 2.20. The Morgan fingerprint density at radius 2 is 1.74 bits per heavy atom. The molecule has 2 aromatic carbocycles. The Balaban J connectivity index is 1.52. The molecule has 0 fully saturated rings. The van der Waals surface area contributed by atoms with E-state index in [0.717, 1.165) is 11.3 Å². The number of anilines is 2. The number of nitrogens with one attached hydrogen (secondary N) is 2. The summed E-state index contributed by atoms with van der Waals surface area (Å²) in [6.45, 7) is 2.48. The van der Waals surface area contributed by atoms with Crippen molar-refractivity contribution < 1.29 is 23.6 Å². The molecule has 31 heavy (non-hydrogen) atoms. The zero-order chi connectivity index (χ0) is 22.1. The Morgan fingerprint density at radius 3 is 2.42 bits per heavy atom. The monoisotopic (exact) mass is 424 g/mol. The van der Waals surface area contributed by atoms with Crippen molar-refractivity contribution >= 4 is 23.2 Å². The number of amides is 2. The van der Waals surface area contributed by atoms with E-state index in [1.54, 1.807) is 24.3 Å². The summed E-state index contributed by atoms with van der Waals surface area (Å²) >= 11 is 0. The van der Waals surface area contributed by atoms with E-state index in [1.807, 2.05) is 31.2 Å². The minimum Gasteiger partial charge on any atom is -0.494 e. The average molecular weight is 424 g/mol. The van der Waals surface area contributed by atoms with Crippen molar-refractivity contribution in [3.05, 3.63) is 54.4 Å². The first-order valence-electron chi connectivity index (χ1n) is 9.82. The quantitative estimate of drug-likeness (QED) is 0.513. The number of aryl methyl sites for hydroxylation is 1. The molecule has 9 heteroatoms. The molecule has 0 atom stereocenters. The van der Waals surface area contributed by atoms with E-state index in [2.05, 4.69) is 20.8 Å². The van der Waals surface area contributed by atoms with Crippen LogP contribution in [0, 0.1) is 0 Å². The minimum atomic E-state index is -0.272. The van der Waals surface area contributed by atoms with Crippen LogP contribution in [-0.4, -0.2) is 42.3 Å². The summed E-state index contributed by atoms with van der Waals surface area (Å²) in [4.78, 5) is 28.2. The highest BCUT2D eigenvalue weighted by Gasteiger charge is 2.11. The van der Waals surface area contributed by atoms with Crippen molar-refractivity contribution in [2.75, 3.05) is 31.0 Å². The molecule has 0 saturated heterocycles. The fourth-order valence-electron chi connectivity index (χ4n) is 2.79. The van der Waals surface area contributed by atoms with E-state index in [-0.39, 0.29) is 24.8 Å². The summed E-state index contributed by atoms with van der Waals surface area (Å²) in [6, 6.07) is 14.3. The van der Waals surface area contributed by atoms with Crippen LogP contribution >= 0.6 is 0 Å².